The molecule has 0 aromatic carbocycles. The van der Waals surface area contributed by atoms with Crippen molar-refractivity contribution in [2.24, 2.45) is 5.41 Å². The van der Waals surface area contributed by atoms with E-state index in [0.29, 0.717) is 6.61 Å². The maximum Gasteiger partial charge on any atom is 0.0615 e. The first kappa shape index (κ1) is 11.0. The van der Waals surface area contributed by atoms with Crippen molar-refractivity contribution < 1.29 is 9.84 Å². The molecule has 2 nitrogen and oxygen atoms in total. The Labute approximate surface area is 81.3 Å². The summed E-state index contributed by atoms with van der Waals surface area (Å²) in [6.45, 7) is 6.92. The first-order valence-electron chi connectivity index (χ1n) is 5.34. The highest BCUT2D eigenvalue weighted by atomic mass is 16.5. The first-order valence-corrected chi connectivity index (χ1v) is 5.34. The second kappa shape index (κ2) is 4.43. The van der Waals surface area contributed by atoms with Crippen LogP contribution in [0.3, 0.4) is 0 Å². The Morgan fingerprint density at radius 2 is 2.15 bits per heavy atom. The van der Waals surface area contributed by atoms with Gasteiger partial charge in [0.05, 0.1) is 18.8 Å². The summed E-state index contributed by atoms with van der Waals surface area (Å²) in [7, 11) is 0. The van der Waals surface area contributed by atoms with Crippen molar-refractivity contribution in [1.29, 1.82) is 0 Å². The molecule has 0 aromatic rings. The van der Waals surface area contributed by atoms with Gasteiger partial charge in [-0.05, 0) is 26.7 Å². The van der Waals surface area contributed by atoms with Gasteiger partial charge in [-0.1, -0.05) is 19.8 Å². The van der Waals surface area contributed by atoms with E-state index in [2.05, 4.69) is 6.92 Å². The second-order valence-corrected chi connectivity index (χ2v) is 4.78. The van der Waals surface area contributed by atoms with Gasteiger partial charge in [-0.15, -0.1) is 0 Å². The molecule has 2 unspecified atom stereocenters. The molecule has 1 saturated carbocycles. The first-order chi connectivity index (χ1) is 6.04. The zero-order valence-electron chi connectivity index (χ0n) is 9.05. The predicted molar refractivity (Wildman–Crippen MR) is 53.7 cm³/mol. The Bertz CT molecular complexity index is 156. The van der Waals surface area contributed by atoms with Crippen LogP contribution in [0.25, 0.3) is 0 Å². The maximum absolute atomic E-state index is 9.86. The van der Waals surface area contributed by atoms with Gasteiger partial charge in [-0.25, -0.2) is 0 Å². The lowest BCUT2D eigenvalue weighted by Gasteiger charge is -2.38. The summed E-state index contributed by atoms with van der Waals surface area (Å²) in [6.07, 6.45) is 4.54. The summed E-state index contributed by atoms with van der Waals surface area (Å²) in [5, 5.41) is 9.86. The van der Waals surface area contributed by atoms with Gasteiger partial charge in [0.1, 0.15) is 0 Å². The van der Waals surface area contributed by atoms with E-state index >= 15 is 0 Å². The van der Waals surface area contributed by atoms with Crippen molar-refractivity contribution in [3.63, 3.8) is 0 Å². The molecule has 2 heteroatoms. The standard InChI is InChI=1S/C11H22O2/c1-9(2)13-8-11(3)7-5-4-6-10(11)12/h9-10,12H,4-8H2,1-3H3. The lowest BCUT2D eigenvalue weighted by Crippen LogP contribution is -2.40. The zero-order chi connectivity index (χ0) is 9.90. The fourth-order valence-electron chi connectivity index (χ4n) is 1.91. The SMILES string of the molecule is CC(C)OCC1(C)CCCCC1O. The third-order valence-corrected chi connectivity index (χ3v) is 3.03. The molecule has 0 radical (unpaired) electrons. The summed E-state index contributed by atoms with van der Waals surface area (Å²) in [4.78, 5) is 0. The molecular formula is C11H22O2. The van der Waals surface area contributed by atoms with E-state index < -0.39 is 0 Å². The smallest absolute Gasteiger partial charge is 0.0615 e. The minimum Gasteiger partial charge on any atom is -0.392 e. The number of aliphatic hydroxyl groups is 1. The Morgan fingerprint density at radius 3 is 2.69 bits per heavy atom. The van der Waals surface area contributed by atoms with Crippen molar-refractivity contribution in [3.05, 3.63) is 0 Å². The van der Waals surface area contributed by atoms with Gasteiger partial charge in [-0.3, -0.25) is 0 Å². The van der Waals surface area contributed by atoms with E-state index in [1.807, 2.05) is 13.8 Å². The lowest BCUT2D eigenvalue weighted by molar-refractivity contribution is -0.0727. The monoisotopic (exact) mass is 186 g/mol. The molecule has 0 heterocycles. The highest BCUT2D eigenvalue weighted by Crippen LogP contribution is 2.36. The van der Waals surface area contributed by atoms with Gasteiger partial charge in [0.2, 0.25) is 0 Å². The zero-order valence-corrected chi connectivity index (χ0v) is 9.05. The van der Waals surface area contributed by atoms with Crippen molar-refractivity contribution >= 4 is 0 Å². The molecule has 0 aliphatic heterocycles. The lowest BCUT2D eigenvalue weighted by atomic mass is 9.74. The van der Waals surface area contributed by atoms with Gasteiger partial charge >= 0.3 is 0 Å². The quantitative estimate of drug-likeness (QED) is 0.733. The van der Waals surface area contributed by atoms with Crippen LogP contribution in [0.4, 0.5) is 0 Å². The van der Waals surface area contributed by atoms with E-state index in [-0.39, 0.29) is 17.6 Å². The van der Waals surface area contributed by atoms with Gasteiger partial charge in [0.15, 0.2) is 0 Å². The van der Waals surface area contributed by atoms with Crippen LogP contribution >= 0.6 is 0 Å². The molecule has 1 rings (SSSR count). The summed E-state index contributed by atoms with van der Waals surface area (Å²) in [5.74, 6) is 0. The fraction of sp³-hybridized carbons (Fsp3) is 1.00. The van der Waals surface area contributed by atoms with Crippen LogP contribution in [0.1, 0.15) is 46.5 Å². The third-order valence-electron chi connectivity index (χ3n) is 3.03. The summed E-state index contributed by atoms with van der Waals surface area (Å²) < 4.78 is 5.59. The summed E-state index contributed by atoms with van der Waals surface area (Å²) in [5.41, 5.74) is 0.00250. The molecule has 13 heavy (non-hydrogen) atoms. The number of hydrogen-bond acceptors (Lipinski definition) is 2. The molecule has 0 amide bonds. The number of hydrogen-bond donors (Lipinski definition) is 1. The van der Waals surface area contributed by atoms with Gasteiger partial charge in [-0.2, -0.15) is 0 Å². The van der Waals surface area contributed by atoms with E-state index in [1.165, 1.54) is 12.8 Å². The molecular weight excluding hydrogens is 164 g/mol. The summed E-state index contributed by atoms with van der Waals surface area (Å²) >= 11 is 0. The molecule has 1 fully saturated rings. The fourth-order valence-corrected chi connectivity index (χ4v) is 1.91. The second-order valence-electron chi connectivity index (χ2n) is 4.78. The normalized spacial score (nSPS) is 35.3. The van der Waals surface area contributed by atoms with Crippen molar-refractivity contribution in [1.82, 2.24) is 0 Å². The minimum absolute atomic E-state index is 0.00250. The number of aliphatic hydroxyl groups excluding tert-OH is 1. The van der Waals surface area contributed by atoms with Crippen LogP contribution in [0.15, 0.2) is 0 Å². The number of rotatable bonds is 3. The molecule has 1 aliphatic carbocycles. The average Bonchev–Trinajstić information content (AvgIpc) is 2.07. The molecule has 0 bridgehead atoms. The molecule has 78 valence electrons. The van der Waals surface area contributed by atoms with Gasteiger partial charge < -0.3 is 9.84 Å². The Kier molecular flexibility index (Phi) is 3.74. The van der Waals surface area contributed by atoms with Crippen LogP contribution in [0.2, 0.25) is 0 Å². The van der Waals surface area contributed by atoms with Gasteiger partial charge in [0, 0.05) is 5.41 Å². The molecule has 0 aromatic heterocycles. The van der Waals surface area contributed by atoms with E-state index in [4.69, 9.17) is 4.74 Å². The maximum atomic E-state index is 9.86. The van der Waals surface area contributed by atoms with E-state index in [1.54, 1.807) is 0 Å². The Morgan fingerprint density at radius 1 is 1.46 bits per heavy atom. The highest BCUT2D eigenvalue weighted by Gasteiger charge is 2.35. The van der Waals surface area contributed by atoms with Crippen LogP contribution in [0.5, 0.6) is 0 Å². The largest absolute Gasteiger partial charge is 0.392 e. The topological polar surface area (TPSA) is 29.5 Å². The molecule has 2 atom stereocenters. The summed E-state index contributed by atoms with van der Waals surface area (Å²) in [6, 6.07) is 0. The van der Waals surface area contributed by atoms with Crippen LogP contribution in [0, 0.1) is 5.41 Å². The molecule has 0 spiro atoms. The molecule has 1 aliphatic rings. The van der Waals surface area contributed by atoms with E-state index in [9.17, 15) is 5.11 Å². The van der Waals surface area contributed by atoms with Crippen LogP contribution < -0.4 is 0 Å². The van der Waals surface area contributed by atoms with E-state index in [0.717, 1.165) is 12.8 Å². The third kappa shape index (κ3) is 2.96. The van der Waals surface area contributed by atoms with Crippen molar-refractivity contribution in [3.8, 4) is 0 Å². The van der Waals surface area contributed by atoms with Crippen molar-refractivity contribution in [2.75, 3.05) is 6.61 Å². The Balaban J connectivity index is 2.42. The van der Waals surface area contributed by atoms with Crippen molar-refractivity contribution in [2.45, 2.75) is 58.7 Å². The molecule has 0 saturated heterocycles. The Hall–Kier alpha value is -0.0800. The predicted octanol–water partition coefficient (Wildman–Crippen LogP) is 2.35. The van der Waals surface area contributed by atoms with Crippen LogP contribution in [-0.2, 0) is 4.74 Å². The highest BCUT2D eigenvalue weighted by molar-refractivity contribution is 4.86. The number of ether oxygens (including phenoxy) is 1. The molecule has 1 N–H and O–H groups in total. The minimum atomic E-state index is -0.167. The average molecular weight is 186 g/mol. The van der Waals surface area contributed by atoms with Gasteiger partial charge in [0.25, 0.3) is 0 Å². The van der Waals surface area contributed by atoms with Crippen LogP contribution in [-0.4, -0.2) is 23.9 Å².